The van der Waals surface area contributed by atoms with E-state index in [4.69, 9.17) is 0 Å². The predicted molar refractivity (Wildman–Crippen MR) is 89.8 cm³/mol. The van der Waals surface area contributed by atoms with Crippen molar-refractivity contribution in [1.29, 1.82) is 0 Å². The molecule has 1 nitrogen and oxygen atoms in total. The molecular formula is C20H25N. The first kappa shape index (κ1) is 14.3. The van der Waals surface area contributed by atoms with Crippen molar-refractivity contribution in [2.75, 3.05) is 7.05 Å². The van der Waals surface area contributed by atoms with Crippen LogP contribution in [-0.4, -0.2) is 7.05 Å². The smallest absolute Gasteiger partial charge is 0.0418 e. The van der Waals surface area contributed by atoms with Gasteiger partial charge in [0.05, 0.1) is 0 Å². The van der Waals surface area contributed by atoms with Crippen LogP contribution in [0.15, 0.2) is 42.5 Å². The number of nitrogens with one attached hydrogen (secondary N) is 1. The monoisotopic (exact) mass is 279 g/mol. The molecule has 21 heavy (non-hydrogen) atoms. The average Bonchev–Trinajstić information content (AvgIpc) is 3.28. The lowest BCUT2D eigenvalue weighted by molar-refractivity contribution is 0.461. The summed E-state index contributed by atoms with van der Waals surface area (Å²) in [6, 6.07) is 16.1. The molecule has 3 rings (SSSR count). The Morgan fingerprint density at radius 1 is 0.905 bits per heavy atom. The summed E-state index contributed by atoms with van der Waals surface area (Å²) in [5.74, 6) is 0. The fourth-order valence-corrected chi connectivity index (χ4v) is 3.67. The van der Waals surface area contributed by atoms with E-state index in [0.717, 1.165) is 0 Å². The Kier molecular flexibility index (Phi) is 3.62. The van der Waals surface area contributed by atoms with Crippen LogP contribution in [-0.2, 0) is 5.41 Å². The Hall–Kier alpha value is -1.60. The van der Waals surface area contributed by atoms with Gasteiger partial charge in [-0.25, -0.2) is 0 Å². The van der Waals surface area contributed by atoms with Crippen LogP contribution in [0.25, 0.3) is 0 Å². The summed E-state index contributed by atoms with van der Waals surface area (Å²) in [5.41, 5.74) is 7.39. The molecule has 1 aliphatic carbocycles. The molecule has 0 saturated heterocycles. The van der Waals surface area contributed by atoms with Crippen LogP contribution >= 0.6 is 0 Å². The van der Waals surface area contributed by atoms with E-state index < -0.39 is 0 Å². The van der Waals surface area contributed by atoms with Gasteiger partial charge in [0.25, 0.3) is 0 Å². The third-order valence-electron chi connectivity index (χ3n) is 5.17. The van der Waals surface area contributed by atoms with Gasteiger partial charge in [-0.2, -0.15) is 0 Å². The molecule has 0 spiro atoms. The maximum Gasteiger partial charge on any atom is 0.0418 e. The van der Waals surface area contributed by atoms with E-state index in [0.29, 0.717) is 6.04 Å². The number of hydrogen-bond donors (Lipinski definition) is 1. The number of aryl methyl sites for hydroxylation is 3. The van der Waals surface area contributed by atoms with Crippen molar-refractivity contribution >= 4 is 0 Å². The van der Waals surface area contributed by atoms with Crippen molar-refractivity contribution in [2.45, 2.75) is 45.1 Å². The van der Waals surface area contributed by atoms with Crippen molar-refractivity contribution in [1.82, 2.24) is 5.32 Å². The van der Waals surface area contributed by atoms with Gasteiger partial charge in [0.1, 0.15) is 0 Å². The Labute approximate surface area is 128 Å². The SMILES string of the molecule is CNC(c1cc(C)c(C)cc1C)C1(c2ccccc2)CC1. The Bertz CT molecular complexity index is 638. The largest absolute Gasteiger partial charge is 0.312 e. The summed E-state index contributed by atoms with van der Waals surface area (Å²) in [6.07, 6.45) is 2.55. The van der Waals surface area contributed by atoms with E-state index in [1.165, 1.54) is 40.7 Å². The molecule has 1 atom stereocenters. The zero-order chi connectivity index (χ0) is 15.0. The van der Waals surface area contributed by atoms with Gasteiger partial charge in [0.15, 0.2) is 0 Å². The van der Waals surface area contributed by atoms with Gasteiger partial charge in [-0.1, -0.05) is 42.5 Å². The number of benzene rings is 2. The van der Waals surface area contributed by atoms with Crippen LogP contribution in [0.3, 0.4) is 0 Å². The standard InChI is InChI=1S/C20H25N/c1-14-12-16(3)18(13-15(14)2)19(21-4)20(10-11-20)17-8-6-5-7-9-17/h5-9,12-13,19,21H,10-11H2,1-4H3. The average molecular weight is 279 g/mol. The molecule has 1 aliphatic rings. The highest BCUT2D eigenvalue weighted by Crippen LogP contribution is 2.56. The van der Waals surface area contributed by atoms with Gasteiger partial charge in [-0.05, 0) is 68.5 Å². The highest BCUT2D eigenvalue weighted by molar-refractivity contribution is 5.44. The summed E-state index contributed by atoms with van der Waals surface area (Å²) in [7, 11) is 2.10. The lowest BCUT2D eigenvalue weighted by Crippen LogP contribution is -2.30. The van der Waals surface area contributed by atoms with E-state index in [2.05, 4.69) is 75.6 Å². The number of rotatable bonds is 4. The van der Waals surface area contributed by atoms with Gasteiger partial charge in [0.2, 0.25) is 0 Å². The molecule has 1 N–H and O–H groups in total. The number of likely N-dealkylation sites (N-methyl/N-ethyl adjacent to an activating group) is 1. The predicted octanol–water partition coefficient (Wildman–Crippen LogP) is 4.60. The van der Waals surface area contributed by atoms with Gasteiger partial charge >= 0.3 is 0 Å². The third-order valence-corrected chi connectivity index (χ3v) is 5.17. The second-order valence-corrected chi connectivity index (χ2v) is 6.54. The molecule has 110 valence electrons. The topological polar surface area (TPSA) is 12.0 Å². The second kappa shape index (κ2) is 5.31. The van der Waals surface area contributed by atoms with Crippen molar-refractivity contribution in [3.05, 3.63) is 70.3 Å². The van der Waals surface area contributed by atoms with Crippen molar-refractivity contribution in [3.63, 3.8) is 0 Å². The molecule has 1 heteroatoms. The van der Waals surface area contributed by atoms with Crippen LogP contribution in [0, 0.1) is 20.8 Å². The zero-order valence-corrected chi connectivity index (χ0v) is 13.5. The quantitative estimate of drug-likeness (QED) is 0.862. The van der Waals surface area contributed by atoms with Gasteiger partial charge in [-0.3, -0.25) is 0 Å². The minimum atomic E-state index is 0.280. The molecule has 0 aliphatic heterocycles. The van der Waals surface area contributed by atoms with E-state index in [1.54, 1.807) is 0 Å². The molecule has 1 unspecified atom stereocenters. The van der Waals surface area contributed by atoms with Crippen molar-refractivity contribution in [3.8, 4) is 0 Å². The van der Waals surface area contributed by atoms with E-state index >= 15 is 0 Å². The summed E-state index contributed by atoms with van der Waals surface area (Å²) in [6.45, 7) is 6.66. The Balaban J connectivity index is 2.06. The first-order chi connectivity index (χ1) is 10.1. The van der Waals surface area contributed by atoms with E-state index in [1.807, 2.05) is 0 Å². The first-order valence-corrected chi connectivity index (χ1v) is 7.89. The molecular weight excluding hydrogens is 254 g/mol. The molecule has 2 aromatic carbocycles. The molecule has 1 fully saturated rings. The summed E-state index contributed by atoms with van der Waals surface area (Å²) in [5, 5.41) is 3.61. The van der Waals surface area contributed by atoms with Crippen LogP contribution < -0.4 is 5.32 Å². The lowest BCUT2D eigenvalue weighted by Gasteiger charge is -2.29. The molecule has 0 radical (unpaired) electrons. The highest BCUT2D eigenvalue weighted by Gasteiger charge is 2.50. The molecule has 2 aromatic rings. The summed E-state index contributed by atoms with van der Waals surface area (Å²) >= 11 is 0. The molecule has 0 heterocycles. The van der Waals surface area contributed by atoms with Crippen LogP contribution in [0.5, 0.6) is 0 Å². The number of hydrogen-bond acceptors (Lipinski definition) is 1. The lowest BCUT2D eigenvalue weighted by atomic mass is 9.81. The van der Waals surface area contributed by atoms with E-state index in [9.17, 15) is 0 Å². The molecule has 1 saturated carbocycles. The van der Waals surface area contributed by atoms with Gasteiger partial charge in [-0.15, -0.1) is 0 Å². The van der Waals surface area contributed by atoms with E-state index in [-0.39, 0.29) is 5.41 Å². The van der Waals surface area contributed by atoms with Crippen LogP contribution in [0.1, 0.15) is 46.7 Å². The maximum absolute atomic E-state index is 3.61. The summed E-state index contributed by atoms with van der Waals surface area (Å²) < 4.78 is 0. The van der Waals surface area contributed by atoms with Gasteiger partial charge in [0, 0.05) is 11.5 Å². The third kappa shape index (κ3) is 2.40. The maximum atomic E-state index is 3.61. The summed E-state index contributed by atoms with van der Waals surface area (Å²) in [4.78, 5) is 0. The zero-order valence-electron chi connectivity index (χ0n) is 13.5. The Morgan fingerprint density at radius 3 is 2.10 bits per heavy atom. The fourth-order valence-electron chi connectivity index (χ4n) is 3.67. The fraction of sp³-hybridized carbons (Fsp3) is 0.400. The van der Waals surface area contributed by atoms with Crippen LogP contribution in [0.2, 0.25) is 0 Å². The van der Waals surface area contributed by atoms with Gasteiger partial charge < -0.3 is 5.32 Å². The molecule has 0 aromatic heterocycles. The second-order valence-electron chi connectivity index (χ2n) is 6.54. The molecule has 0 bridgehead atoms. The highest BCUT2D eigenvalue weighted by atomic mass is 14.9. The van der Waals surface area contributed by atoms with Crippen molar-refractivity contribution in [2.24, 2.45) is 0 Å². The van der Waals surface area contributed by atoms with Crippen LogP contribution in [0.4, 0.5) is 0 Å². The molecule has 0 amide bonds. The first-order valence-electron chi connectivity index (χ1n) is 7.89. The van der Waals surface area contributed by atoms with Crippen molar-refractivity contribution < 1.29 is 0 Å². The Morgan fingerprint density at radius 2 is 1.52 bits per heavy atom. The minimum absolute atomic E-state index is 0.280. The minimum Gasteiger partial charge on any atom is -0.312 e. The normalized spacial score (nSPS) is 17.5.